The number of carbonyl (C=O) groups is 2. The van der Waals surface area contributed by atoms with Gasteiger partial charge in [-0.05, 0) is 118 Å². The molecule has 0 saturated heterocycles. The summed E-state index contributed by atoms with van der Waals surface area (Å²) in [6.45, 7) is 11.9. The summed E-state index contributed by atoms with van der Waals surface area (Å²) < 4.78 is 0. The van der Waals surface area contributed by atoms with E-state index in [4.69, 9.17) is 4.84 Å². The van der Waals surface area contributed by atoms with E-state index >= 15 is 0 Å². The van der Waals surface area contributed by atoms with Gasteiger partial charge < -0.3 is 10.4 Å². The molecule has 0 bridgehead atoms. The first kappa shape index (κ1) is 27.1. The Morgan fingerprint density at radius 1 is 1.06 bits per heavy atom. The van der Waals surface area contributed by atoms with Crippen molar-refractivity contribution >= 4 is 11.7 Å². The number of aliphatic hydroxyl groups is 1. The second kappa shape index (κ2) is 10.8. The molecule has 4 fully saturated rings. The lowest BCUT2D eigenvalue weighted by molar-refractivity contribution is -0.184. The van der Waals surface area contributed by atoms with Crippen molar-refractivity contribution in [1.29, 1.82) is 0 Å². The molecule has 10 atom stereocenters. The molecular formula is C29H50N2O4. The SMILES string of the molecule is CCNC(=O)CC[C@H](C)C1CCC2C3C(O)C[C@@H]4C[C@H](ONCC(C)=O)CC[C@]4(C)C3CC[C@@]21C. The number of rotatable bonds is 9. The van der Waals surface area contributed by atoms with E-state index in [1.807, 2.05) is 6.92 Å². The van der Waals surface area contributed by atoms with E-state index in [-0.39, 0.29) is 41.3 Å². The van der Waals surface area contributed by atoms with Crippen LogP contribution in [0, 0.1) is 46.3 Å². The Labute approximate surface area is 212 Å². The van der Waals surface area contributed by atoms with Crippen LogP contribution >= 0.6 is 0 Å². The van der Waals surface area contributed by atoms with Gasteiger partial charge in [0.05, 0.1) is 18.8 Å². The zero-order valence-electron chi connectivity index (χ0n) is 22.8. The number of hydrogen-bond acceptors (Lipinski definition) is 5. The first-order valence-electron chi connectivity index (χ1n) is 14.4. The predicted octanol–water partition coefficient (Wildman–Crippen LogP) is 4.65. The zero-order valence-corrected chi connectivity index (χ0v) is 22.8. The summed E-state index contributed by atoms with van der Waals surface area (Å²) in [5, 5.41) is 14.5. The van der Waals surface area contributed by atoms with Gasteiger partial charge in [0.25, 0.3) is 0 Å². The predicted molar refractivity (Wildman–Crippen MR) is 137 cm³/mol. The molecule has 35 heavy (non-hydrogen) atoms. The molecule has 5 unspecified atom stereocenters. The highest BCUT2D eigenvalue weighted by atomic mass is 16.7. The van der Waals surface area contributed by atoms with Gasteiger partial charge in [0.15, 0.2) is 0 Å². The fraction of sp³-hybridized carbons (Fsp3) is 0.931. The normalized spacial score (nSPS) is 43.5. The van der Waals surface area contributed by atoms with Gasteiger partial charge in [0.2, 0.25) is 5.91 Å². The largest absolute Gasteiger partial charge is 0.393 e. The smallest absolute Gasteiger partial charge is 0.219 e. The van der Waals surface area contributed by atoms with Gasteiger partial charge in [-0.15, -0.1) is 0 Å². The minimum absolute atomic E-state index is 0.0836. The molecule has 0 aromatic heterocycles. The van der Waals surface area contributed by atoms with Crippen molar-refractivity contribution in [2.24, 2.45) is 46.3 Å². The van der Waals surface area contributed by atoms with Crippen molar-refractivity contribution in [3.63, 3.8) is 0 Å². The molecule has 200 valence electrons. The van der Waals surface area contributed by atoms with E-state index in [0.29, 0.717) is 48.5 Å². The molecule has 0 aliphatic heterocycles. The molecular weight excluding hydrogens is 440 g/mol. The molecule has 1 amide bonds. The lowest BCUT2D eigenvalue weighted by Crippen LogP contribution is -2.59. The Bertz CT molecular complexity index is 774. The Kier molecular flexibility index (Phi) is 8.34. The number of aliphatic hydroxyl groups excluding tert-OH is 1. The van der Waals surface area contributed by atoms with Crippen molar-refractivity contribution in [3.8, 4) is 0 Å². The van der Waals surface area contributed by atoms with Crippen LogP contribution in [0.3, 0.4) is 0 Å². The summed E-state index contributed by atoms with van der Waals surface area (Å²) in [6.07, 6.45) is 10.5. The zero-order chi connectivity index (χ0) is 25.4. The fourth-order valence-electron chi connectivity index (χ4n) is 9.37. The highest BCUT2D eigenvalue weighted by molar-refractivity contribution is 5.77. The van der Waals surface area contributed by atoms with Crippen LogP contribution in [-0.4, -0.2) is 42.1 Å². The molecule has 0 radical (unpaired) electrons. The van der Waals surface area contributed by atoms with E-state index in [2.05, 4.69) is 31.6 Å². The van der Waals surface area contributed by atoms with Crippen LogP contribution in [0.15, 0.2) is 0 Å². The highest BCUT2D eigenvalue weighted by Crippen LogP contribution is 2.68. The van der Waals surface area contributed by atoms with Crippen molar-refractivity contribution in [2.45, 2.75) is 111 Å². The average Bonchev–Trinajstić information content (AvgIpc) is 3.15. The summed E-state index contributed by atoms with van der Waals surface area (Å²) in [5.41, 5.74) is 3.42. The Morgan fingerprint density at radius 3 is 2.49 bits per heavy atom. The lowest BCUT2D eigenvalue weighted by Gasteiger charge is -2.62. The highest BCUT2D eigenvalue weighted by Gasteiger charge is 2.62. The third-order valence-electron chi connectivity index (χ3n) is 11.2. The van der Waals surface area contributed by atoms with Crippen molar-refractivity contribution in [3.05, 3.63) is 0 Å². The molecule has 0 aromatic carbocycles. The first-order valence-corrected chi connectivity index (χ1v) is 14.4. The number of hydrogen-bond donors (Lipinski definition) is 3. The quantitative estimate of drug-likeness (QED) is 0.410. The second-order valence-corrected chi connectivity index (χ2v) is 13.0. The van der Waals surface area contributed by atoms with Gasteiger partial charge in [-0.1, -0.05) is 20.8 Å². The van der Waals surface area contributed by atoms with E-state index in [1.54, 1.807) is 6.92 Å². The van der Waals surface area contributed by atoms with Gasteiger partial charge in [0.1, 0.15) is 5.78 Å². The molecule has 3 N–H and O–H groups in total. The Morgan fingerprint density at radius 2 is 1.77 bits per heavy atom. The summed E-state index contributed by atoms with van der Waals surface area (Å²) in [4.78, 5) is 29.2. The maximum absolute atomic E-state index is 12.1. The molecule has 4 aliphatic carbocycles. The van der Waals surface area contributed by atoms with Crippen LogP contribution in [0.5, 0.6) is 0 Å². The number of hydroxylamine groups is 1. The number of amides is 1. The van der Waals surface area contributed by atoms with Crippen LogP contribution in [0.1, 0.15) is 98.8 Å². The molecule has 0 heterocycles. The van der Waals surface area contributed by atoms with Crippen LogP contribution in [0.4, 0.5) is 0 Å². The fourth-order valence-corrected chi connectivity index (χ4v) is 9.37. The summed E-state index contributed by atoms with van der Waals surface area (Å²) in [6, 6.07) is 0. The second-order valence-electron chi connectivity index (χ2n) is 13.0. The van der Waals surface area contributed by atoms with Gasteiger partial charge in [0, 0.05) is 13.0 Å². The summed E-state index contributed by atoms with van der Waals surface area (Å²) in [5.74, 6) is 3.53. The van der Waals surface area contributed by atoms with Crippen molar-refractivity contribution in [1.82, 2.24) is 10.8 Å². The monoisotopic (exact) mass is 490 g/mol. The summed E-state index contributed by atoms with van der Waals surface area (Å²) >= 11 is 0. The molecule has 0 spiro atoms. The van der Waals surface area contributed by atoms with E-state index < -0.39 is 0 Å². The van der Waals surface area contributed by atoms with Gasteiger partial charge in [-0.25, -0.2) is 0 Å². The number of nitrogens with one attached hydrogen (secondary N) is 2. The minimum atomic E-state index is -0.226. The third-order valence-corrected chi connectivity index (χ3v) is 11.2. The lowest BCUT2D eigenvalue weighted by atomic mass is 9.43. The van der Waals surface area contributed by atoms with Crippen LogP contribution in [-0.2, 0) is 14.4 Å². The molecule has 4 saturated carbocycles. The van der Waals surface area contributed by atoms with E-state index in [1.165, 1.54) is 25.7 Å². The Balaban J connectivity index is 1.42. The summed E-state index contributed by atoms with van der Waals surface area (Å²) in [7, 11) is 0. The number of ketones is 1. The first-order chi connectivity index (χ1) is 16.6. The minimum Gasteiger partial charge on any atom is -0.393 e. The van der Waals surface area contributed by atoms with Gasteiger partial charge in [-0.3, -0.25) is 14.4 Å². The van der Waals surface area contributed by atoms with E-state index in [0.717, 1.165) is 32.1 Å². The van der Waals surface area contributed by atoms with Crippen LogP contribution in [0.2, 0.25) is 0 Å². The number of fused-ring (bicyclic) bond motifs is 5. The topological polar surface area (TPSA) is 87.7 Å². The maximum atomic E-state index is 12.1. The number of carbonyl (C=O) groups excluding carboxylic acids is 2. The van der Waals surface area contributed by atoms with Gasteiger partial charge >= 0.3 is 0 Å². The molecule has 0 aromatic rings. The number of Topliss-reactive ketones (excluding diaryl/α,β-unsaturated/α-hetero) is 1. The van der Waals surface area contributed by atoms with Crippen LogP contribution < -0.4 is 10.8 Å². The third kappa shape index (κ3) is 5.22. The molecule has 6 heteroatoms. The van der Waals surface area contributed by atoms with Crippen LogP contribution in [0.25, 0.3) is 0 Å². The Hall–Kier alpha value is -0.980. The van der Waals surface area contributed by atoms with Crippen molar-refractivity contribution in [2.75, 3.05) is 13.1 Å². The van der Waals surface area contributed by atoms with E-state index in [9.17, 15) is 14.7 Å². The average molecular weight is 491 g/mol. The van der Waals surface area contributed by atoms with Gasteiger partial charge in [-0.2, -0.15) is 5.48 Å². The van der Waals surface area contributed by atoms with Crippen molar-refractivity contribution < 1.29 is 19.5 Å². The molecule has 6 nitrogen and oxygen atoms in total. The maximum Gasteiger partial charge on any atom is 0.219 e. The molecule has 4 rings (SSSR count). The standard InChI is InChI=1S/C29H50N2O4/c1-6-30-26(34)10-7-18(2)22-8-9-23-27-24(12-14-29(22,23)5)28(4)13-11-21(35-31-17-19(3)32)15-20(28)16-25(27)33/h18,20-25,27,31,33H,6-17H2,1-5H3,(H,30,34)/t18-,20-,21+,22?,23?,24?,25?,27?,28-,29+/m0/s1. The molecule has 4 aliphatic rings.